The van der Waals surface area contributed by atoms with E-state index < -0.39 is 0 Å². The van der Waals surface area contributed by atoms with Gasteiger partial charge in [-0.3, -0.25) is 4.90 Å². The molecule has 1 unspecified atom stereocenters. The van der Waals surface area contributed by atoms with Crippen LogP contribution in [-0.2, 0) is 6.54 Å². The summed E-state index contributed by atoms with van der Waals surface area (Å²) in [6, 6.07) is 0.294. The number of likely N-dealkylation sites (N-methyl/N-ethyl adjacent to an activating group) is 2. The molecule has 1 saturated heterocycles. The number of hydrogen-bond acceptors (Lipinski definition) is 5. The van der Waals surface area contributed by atoms with Gasteiger partial charge < -0.3 is 10.2 Å². The van der Waals surface area contributed by atoms with Gasteiger partial charge in [-0.15, -0.1) is 0 Å². The van der Waals surface area contributed by atoms with Crippen LogP contribution < -0.4 is 5.32 Å². The molecule has 0 saturated carbocycles. The molecule has 5 nitrogen and oxygen atoms in total. The molecule has 0 aliphatic carbocycles. The van der Waals surface area contributed by atoms with Gasteiger partial charge in [-0.25, -0.2) is 9.97 Å². The standard InChI is InChI=1S/C16H29N5/c1-16(2,3)19-11-13-9-17-15(18-10-13)14-12-20(4)7-6-8-21(14)5/h9-10,14,19H,6-8,11-12H2,1-5H3. The highest BCUT2D eigenvalue weighted by Crippen LogP contribution is 2.19. The molecule has 2 rings (SSSR count). The zero-order valence-electron chi connectivity index (χ0n) is 14.1. The van der Waals surface area contributed by atoms with Crippen LogP contribution >= 0.6 is 0 Å². The molecule has 1 aliphatic rings. The summed E-state index contributed by atoms with van der Waals surface area (Å²) in [5, 5.41) is 3.46. The van der Waals surface area contributed by atoms with Crippen LogP contribution in [0.2, 0.25) is 0 Å². The molecule has 1 fully saturated rings. The molecule has 0 amide bonds. The first-order valence-electron chi connectivity index (χ1n) is 7.80. The van der Waals surface area contributed by atoms with Crippen LogP contribution in [-0.4, -0.2) is 59.0 Å². The predicted molar refractivity (Wildman–Crippen MR) is 86.1 cm³/mol. The molecule has 0 aromatic carbocycles. The second-order valence-electron chi connectivity index (χ2n) is 7.17. The normalized spacial score (nSPS) is 22.2. The minimum Gasteiger partial charge on any atom is -0.308 e. The molecule has 21 heavy (non-hydrogen) atoms. The van der Waals surface area contributed by atoms with Crippen LogP contribution in [0.25, 0.3) is 0 Å². The minimum absolute atomic E-state index is 0.114. The maximum absolute atomic E-state index is 4.61. The van der Waals surface area contributed by atoms with Crippen LogP contribution in [0.3, 0.4) is 0 Å². The SMILES string of the molecule is CN1CCCN(C)C(c2ncc(CNC(C)(C)C)cn2)C1. The monoisotopic (exact) mass is 291 g/mol. The first kappa shape index (κ1) is 16.3. The Morgan fingerprint density at radius 2 is 1.86 bits per heavy atom. The number of hydrogen-bond donors (Lipinski definition) is 1. The van der Waals surface area contributed by atoms with Crippen molar-refractivity contribution < 1.29 is 0 Å². The summed E-state index contributed by atoms with van der Waals surface area (Å²) in [6.45, 7) is 10.6. The molecule has 1 atom stereocenters. The molecule has 1 aromatic rings. The van der Waals surface area contributed by atoms with Crippen molar-refractivity contribution >= 4 is 0 Å². The Morgan fingerprint density at radius 1 is 1.19 bits per heavy atom. The minimum atomic E-state index is 0.114. The lowest BCUT2D eigenvalue weighted by Gasteiger charge is -2.26. The van der Waals surface area contributed by atoms with E-state index in [0.717, 1.165) is 37.6 Å². The van der Waals surface area contributed by atoms with E-state index in [9.17, 15) is 0 Å². The maximum atomic E-state index is 4.61. The Balaban J connectivity index is 2.03. The Labute approximate surface area is 128 Å². The van der Waals surface area contributed by atoms with Gasteiger partial charge in [0.2, 0.25) is 0 Å². The van der Waals surface area contributed by atoms with Gasteiger partial charge in [0.1, 0.15) is 5.82 Å². The van der Waals surface area contributed by atoms with E-state index in [1.54, 1.807) is 0 Å². The van der Waals surface area contributed by atoms with Gasteiger partial charge in [0.05, 0.1) is 6.04 Å². The smallest absolute Gasteiger partial charge is 0.146 e. The zero-order valence-corrected chi connectivity index (χ0v) is 14.1. The van der Waals surface area contributed by atoms with Gasteiger partial charge in [0.15, 0.2) is 0 Å². The van der Waals surface area contributed by atoms with Crippen LogP contribution in [0.15, 0.2) is 12.4 Å². The van der Waals surface area contributed by atoms with Gasteiger partial charge in [0.25, 0.3) is 0 Å². The molecule has 1 aromatic heterocycles. The molecule has 118 valence electrons. The van der Waals surface area contributed by atoms with Crippen molar-refractivity contribution in [2.24, 2.45) is 0 Å². The van der Waals surface area contributed by atoms with Crippen LogP contribution in [0.4, 0.5) is 0 Å². The Hall–Kier alpha value is -1.04. The van der Waals surface area contributed by atoms with E-state index in [2.05, 4.69) is 60.0 Å². The zero-order chi connectivity index (χ0) is 15.5. The fourth-order valence-electron chi connectivity index (χ4n) is 2.55. The quantitative estimate of drug-likeness (QED) is 0.918. The van der Waals surface area contributed by atoms with E-state index in [-0.39, 0.29) is 5.54 Å². The van der Waals surface area contributed by atoms with Crippen molar-refractivity contribution in [3.63, 3.8) is 0 Å². The Kier molecular flexibility index (Phi) is 5.30. The molecule has 0 radical (unpaired) electrons. The molecule has 5 heteroatoms. The topological polar surface area (TPSA) is 44.3 Å². The fraction of sp³-hybridized carbons (Fsp3) is 0.750. The summed E-state index contributed by atoms with van der Waals surface area (Å²) in [5.41, 5.74) is 1.25. The van der Waals surface area contributed by atoms with Crippen molar-refractivity contribution in [2.45, 2.75) is 45.3 Å². The van der Waals surface area contributed by atoms with Gasteiger partial charge in [0, 0.05) is 36.6 Å². The summed E-state index contributed by atoms with van der Waals surface area (Å²) in [4.78, 5) is 14.0. The highest BCUT2D eigenvalue weighted by molar-refractivity contribution is 5.08. The second-order valence-corrected chi connectivity index (χ2v) is 7.17. The van der Waals surface area contributed by atoms with E-state index in [1.165, 1.54) is 6.42 Å². The number of aromatic nitrogens is 2. The van der Waals surface area contributed by atoms with Crippen molar-refractivity contribution in [1.29, 1.82) is 0 Å². The first-order chi connectivity index (χ1) is 9.85. The average molecular weight is 291 g/mol. The fourth-order valence-corrected chi connectivity index (χ4v) is 2.55. The molecule has 0 spiro atoms. The number of nitrogens with one attached hydrogen (secondary N) is 1. The van der Waals surface area contributed by atoms with Crippen LogP contribution in [0, 0.1) is 0 Å². The predicted octanol–water partition coefficient (Wildman–Crippen LogP) is 1.67. The maximum Gasteiger partial charge on any atom is 0.146 e. The lowest BCUT2D eigenvalue weighted by atomic mass is 10.1. The third-order valence-corrected chi connectivity index (χ3v) is 3.91. The Bertz CT molecular complexity index is 437. The summed E-state index contributed by atoms with van der Waals surface area (Å²) in [7, 11) is 4.34. The van der Waals surface area contributed by atoms with Crippen molar-refractivity contribution in [3.8, 4) is 0 Å². The highest BCUT2D eigenvalue weighted by Gasteiger charge is 2.24. The van der Waals surface area contributed by atoms with Crippen LogP contribution in [0.5, 0.6) is 0 Å². The lowest BCUT2D eigenvalue weighted by Crippen LogP contribution is -2.35. The first-order valence-corrected chi connectivity index (χ1v) is 7.80. The Morgan fingerprint density at radius 3 is 2.48 bits per heavy atom. The van der Waals surface area contributed by atoms with Crippen LogP contribution in [0.1, 0.15) is 44.6 Å². The van der Waals surface area contributed by atoms with Gasteiger partial charge in [-0.05, 0) is 54.4 Å². The lowest BCUT2D eigenvalue weighted by molar-refractivity contribution is 0.219. The summed E-state index contributed by atoms with van der Waals surface area (Å²) >= 11 is 0. The number of rotatable bonds is 3. The van der Waals surface area contributed by atoms with E-state index in [4.69, 9.17) is 0 Å². The summed E-state index contributed by atoms with van der Waals surface area (Å²) in [5.74, 6) is 0.936. The van der Waals surface area contributed by atoms with Crippen molar-refractivity contribution in [1.82, 2.24) is 25.1 Å². The van der Waals surface area contributed by atoms with E-state index in [1.807, 2.05) is 12.4 Å². The molecule has 1 aliphatic heterocycles. The van der Waals surface area contributed by atoms with Gasteiger partial charge >= 0.3 is 0 Å². The molecular formula is C16H29N5. The largest absolute Gasteiger partial charge is 0.308 e. The highest BCUT2D eigenvalue weighted by atomic mass is 15.2. The second kappa shape index (κ2) is 6.81. The molecule has 2 heterocycles. The van der Waals surface area contributed by atoms with Gasteiger partial charge in [-0.2, -0.15) is 0 Å². The van der Waals surface area contributed by atoms with Gasteiger partial charge in [-0.1, -0.05) is 0 Å². The summed E-state index contributed by atoms with van der Waals surface area (Å²) < 4.78 is 0. The molecular weight excluding hydrogens is 262 g/mol. The third-order valence-electron chi connectivity index (χ3n) is 3.91. The third kappa shape index (κ3) is 5.02. The molecule has 0 bridgehead atoms. The summed E-state index contributed by atoms with van der Waals surface area (Å²) in [6.07, 6.45) is 5.12. The number of nitrogens with zero attached hydrogens (tertiary/aromatic N) is 4. The van der Waals surface area contributed by atoms with Crippen molar-refractivity contribution in [3.05, 3.63) is 23.8 Å². The van der Waals surface area contributed by atoms with Crippen molar-refractivity contribution in [2.75, 3.05) is 33.7 Å². The van der Waals surface area contributed by atoms with E-state index in [0.29, 0.717) is 6.04 Å². The van der Waals surface area contributed by atoms with E-state index >= 15 is 0 Å². The molecule has 1 N–H and O–H groups in total. The average Bonchev–Trinajstić information content (AvgIpc) is 2.58.